The highest BCUT2D eigenvalue weighted by Gasteiger charge is 2.11. The number of thiazole rings is 1. The van der Waals surface area contributed by atoms with Gasteiger partial charge in [-0.1, -0.05) is 32.4 Å². The molecule has 3 rings (SSSR count). The van der Waals surface area contributed by atoms with Gasteiger partial charge in [0.2, 0.25) is 0 Å². The van der Waals surface area contributed by atoms with Gasteiger partial charge < -0.3 is 10.4 Å². The number of nitrogens with zero attached hydrogens (tertiary/aromatic N) is 1. The van der Waals surface area contributed by atoms with Gasteiger partial charge in [-0.2, -0.15) is 0 Å². The van der Waals surface area contributed by atoms with Crippen LogP contribution in [-0.4, -0.2) is 22.0 Å². The molecule has 1 heterocycles. The van der Waals surface area contributed by atoms with Gasteiger partial charge in [-0.15, -0.1) is 11.3 Å². The molecule has 2 aromatic carbocycles. The molecule has 3 N–H and O–H groups in total. The number of carbonyl (C=O) groups is 2. The predicted molar refractivity (Wildman–Crippen MR) is 129 cm³/mol. The quantitative estimate of drug-likeness (QED) is 0.332. The Morgan fingerprint density at radius 1 is 1.18 bits per heavy atom. The van der Waals surface area contributed by atoms with Crippen molar-refractivity contribution in [1.82, 2.24) is 4.98 Å². The largest absolute Gasteiger partial charge is 0.481 e. The fourth-order valence-corrected chi connectivity index (χ4v) is 3.99. The Bertz CT molecular complexity index is 1100. The van der Waals surface area contributed by atoms with Crippen molar-refractivity contribution in [2.24, 2.45) is 5.92 Å². The smallest absolute Gasteiger partial charge is 0.309 e. The van der Waals surface area contributed by atoms with Crippen LogP contribution in [0.5, 0.6) is 0 Å². The molecule has 1 atom stereocenters. The second-order valence-electron chi connectivity index (χ2n) is 8.07. The lowest BCUT2D eigenvalue weighted by Crippen LogP contribution is -2.12. The molecule has 1 amide bonds. The maximum absolute atomic E-state index is 13.8. The van der Waals surface area contributed by atoms with Gasteiger partial charge in [-0.25, -0.2) is 9.37 Å². The zero-order valence-corrected chi connectivity index (χ0v) is 19.5. The minimum Gasteiger partial charge on any atom is -0.481 e. The first-order valence-corrected chi connectivity index (χ1v) is 11.8. The van der Waals surface area contributed by atoms with E-state index in [-0.39, 0.29) is 18.1 Å². The summed E-state index contributed by atoms with van der Waals surface area (Å²) >= 11 is 1.19. The third-order valence-corrected chi connectivity index (χ3v) is 6.28. The normalized spacial score (nSPS) is 11.7. The molecule has 0 saturated heterocycles. The van der Waals surface area contributed by atoms with Crippen LogP contribution in [-0.2, 0) is 24.2 Å². The molecule has 0 radical (unpaired) electrons. The second kappa shape index (κ2) is 11.6. The molecular formula is C25H28FN3O3S. The van der Waals surface area contributed by atoms with E-state index in [9.17, 15) is 14.0 Å². The van der Waals surface area contributed by atoms with Crippen LogP contribution in [0.2, 0.25) is 0 Å². The molecule has 1 aromatic heterocycles. The Morgan fingerprint density at radius 3 is 2.64 bits per heavy atom. The van der Waals surface area contributed by atoms with Crippen molar-refractivity contribution in [2.75, 3.05) is 10.6 Å². The average Bonchev–Trinajstić information content (AvgIpc) is 3.22. The highest BCUT2D eigenvalue weighted by atomic mass is 32.1. The fraction of sp³-hybridized carbons (Fsp3) is 0.320. The monoisotopic (exact) mass is 469 g/mol. The third-order valence-electron chi connectivity index (χ3n) is 5.47. The lowest BCUT2D eigenvalue weighted by atomic mass is 9.98. The topological polar surface area (TPSA) is 91.3 Å². The van der Waals surface area contributed by atoms with E-state index in [2.05, 4.69) is 29.5 Å². The molecule has 0 bridgehead atoms. The third kappa shape index (κ3) is 7.39. The SMILES string of the molecule is CCC(C)CCc1cc(F)ccc1NCc1ccc(C(=O)Nc2nc(CC(=O)O)cs2)cc1. The molecule has 0 aliphatic carbocycles. The molecule has 3 aromatic rings. The summed E-state index contributed by atoms with van der Waals surface area (Å²) in [6.45, 7) is 4.91. The van der Waals surface area contributed by atoms with E-state index in [1.807, 2.05) is 12.1 Å². The van der Waals surface area contributed by atoms with Crippen LogP contribution in [0.4, 0.5) is 15.2 Å². The number of halogens is 1. The van der Waals surface area contributed by atoms with Crippen molar-refractivity contribution in [3.8, 4) is 0 Å². The van der Waals surface area contributed by atoms with Crippen LogP contribution in [0.25, 0.3) is 0 Å². The number of amides is 1. The maximum atomic E-state index is 13.8. The van der Waals surface area contributed by atoms with E-state index in [0.717, 1.165) is 36.1 Å². The number of nitrogens with one attached hydrogen (secondary N) is 2. The fourth-order valence-electron chi connectivity index (χ4n) is 3.29. The summed E-state index contributed by atoms with van der Waals surface area (Å²) in [6.07, 6.45) is 2.75. The predicted octanol–water partition coefficient (Wildman–Crippen LogP) is 5.75. The first-order chi connectivity index (χ1) is 15.8. The summed E-state index contributed by atoms with van der Waals surface area (Å²) in [5, 5.41) is 16.9. The number of aryl methyl sites for hydroxylation is 1. The van der Waals surface area contributed by atoms with Crippen molar-refractivity contribution in [3.63, 3.8) is 0 Å². The number of carboxylic acid groups (broad SMARTS) is 1. The molecule has 0 aliphatic heterocycles. The molecule has 6 nitrogen and oxygen atoms in total. The van der Waals surface area contributed by atoms with E-state index in [1.165, 1.54) is 17.4 Å². The standard InChI is InChI=1S/C25H28FN3O3S/c1-3-16(2)4-7-19-12-20(26)10-11-22(19)27-14-17-5-8-18(9-6-17)24(32)29-25-28-21(15-33-25)13-23(30)31/h5-6,8-12,15-16,27H,3-4,7,13-14H2,1-2H3,(H,30,31)(H,28,29,32). The Labute approximate surface area is 196 Å². The van der Waals surface area contributed by atoms with E-state index in [0.29, 0.717) is 28.9 Å². The van der Waals surface area contributed by atoms with Gasteiger partial charge in [0, 0.05) is 23.2 Å². The molecule has 0 spiro atoms. The van der Waals surface area contributed by atoms with Crippen LogP contribution in [0.1, 0.15) is 53.9 Å². The zero-order valence-electron chi connectivity index (χ0n) is 18.7. The number of carbonyl (C=O) groups excluding carboxylic acids is 1. The second-order valence-corrected chi connectivity index (χ2v) is 8.93. The van der Waals surface area contributed by atoms with E-state index < -0.39 is 5.97 Å². The van der Waals surface area contributed by atoms with Gasteiger partial charge in [0.1, 0.15) is 5.82 Å². The highest BCUT2D eigenvalue weighted by molar-refractivity contribution is 7.14. The van der Waals surface area contributed by atoms with Gasteiger partial charge in [-0.3, -0.25) is 14.9 Å². The van der Waals surface area contributed by atoms with Crippen molar-refractivity contribution in [2.45, 2.75) is 46.1 Å². The molecular weight excluding hydrogens is 441 g/mol. The van der Waals surface area contributed by atoms with Crippen LogP contribution in [0, 0.1) is 11.7 Å². The van der Waals surface area contributed by atoms with E-state index in [1.54, 1.807) is 29.6 Å². The Balaban J connectivity index is 1.58. The lowest BCUT2D eigenvalue weighted by Gasteiger charge is -2.14. The number of anilines is 2. The van der Waals surface area contributed by atoms with Gasteiger partial charge in [-0.05, 0) is 60.2 Å². The molecule has 0 aliphatic rings. The van der Waals surface area contributed by atoms with Crippen LogP contribution in [0.3, 0.4) is 0 Å². The Hall–Kier alpha value is -3.26. The van der Waals surface area contributed by atoms with Crippen molar-refractivity contribution >= 4 is 34.0 Å². The van der Waals surface area contributed by atoms with Gasteiger partial charge in [0.25, 0.3) is 5.91 Å². The first-order valence-electron chi connectivity index (χ1n) is 10.9. The van der Waals surface area contributed by atoms with Gasteiger partial charge >= 0.3 is 5.97 Å². The molecule has 174 valence electrons. The van der Waals surface area contributed by atoms with E-state index >= 15 is 0 Å². The van der Waals surface area contributed by atoms with Crippen molar-refractivity contribution in [1.29, 1.82) is 0 Å². The summed E-state index contributed by atoms with van der Waals surface area (Å²) < 4.78 is 13.8. The molecule has 0 saturated carbocycles. The summed E-state index contributed by atoms with van der Waals surface area (Å²) in [4.78, 5) is 27.3. The summed E-state index contributed by atoms with van der Waals surface area (Å²) in [7, 11) is 0. The van der Waals surface area contributed by atoms with Crippen molar-refractivity contribution < 1.29 is 19.1 Å². The number of benzene rings is 2. The van der Waals surface area contributed by atoms with Crippen LogP contribution >= 0.6 is 11.3 Å². The Kier molecular flexibility index (Phi) is 8.54. The number of hydrogen-bond donors (Lipinski definition) is 3. The van der Waals surface area contributed by atoms with Crippen molar-refractivity contribution in [3.05, 3.63) is 76.0 Å². The minimum atomic E-state index is -0.967. The Morgan fingerprint density at radius 2 is 1.94 bits per heavy atom. The first kappa shape index (κ1) is 24.4. The van der Waals surface area contributed by atoms with Gasteiger partial charge in [0.15, 0.2) is 5.13 Å². The zero-order chi connectivity index (χ0) is 23.8. The average molecular weight is 470 g/mol. The molecule has 1 unspecified atom stereocenters. The molecule has 33 heavy (non-hydrogen) atoms. The number of carboxylic acids is 1. The number of aromatic nitrogens is 1. The maximum Gasteiger partial charge on any atom is 0.309 e. The number of hydrogen-bond acceptors (Lipinski definition) is 5. The lowest BCUT2D eigenvalue weighted by molar-refractivity contribution is -0.136. The number of rotatable bonds is 11. The molecule has 8 heteroatoms. The van der Waals surface area contributed by atoms with Crippen LogP contribution in [0.15, 0.2) is 47.8 Å². The molecule has 0 fully saturated rings. The minimum absolute atomic E-state index is 0.179. The highest BCUT2D eigenvalue weighted by Crippen LogP contribution is 2.22. The summed E-state index contributed by atoms with van der Waals surface area (Å²) in [5.41, 5.74) is 3.76. The van der Waals surface area contributed by atoms with Crippen LogP contribution < -0.4 is 10.6 Å². The number of aliphatic carboxylic acids is 1. The summed E-state index contributed by atoms with van der Waals surface area (Å²) in [5.74, 6) is -0.916. The van der Waals surface area contributed by atoms with E-state index in [4.69, 9.17) is 5.11 Å². The summed E-state index contributed by atoms with van der Waals surface area (Å²) in [6, 6.07) is 12.0. The van der Waals surface area contributed by atoms with Gasteiger partial charge in [0.05, 0.1) is 12.1 Å².